The molecule has 0 saturated carbocycles. The SMILES string of the molecule is CCC(C)(CC)c1ccccc1-c1ncc(C)n1C. The maximum Gasteiger partial charge on any atom is 0.140 e. The zero-order valence-electron chi connectivity index (χ0n) is 12.7. The lowest BCUT2D eigenvalue weighted by Crippen LogP contribution is -2.21. The first kappa shape index (κ1) is 13.9. The molecule has 0 aliphatic heterocycles. The summed E-state index contributed by atoms with van der Waals surface area (Å²) in [5.41, 5.74) is 4.09. The lowest BCUT2D eigenvalue weighted by Gasteiger charge is -2.29. The molecule has 0 bridgehead atoms. The fourth-order valence-corrected chi connectivity index (χ4v) is 2.58. The van der Waals surface area contributed by atoms with Gasteiger partial charge in [0.2, 0.25) is 0 Å². The number of aromatic nitrogens is 2. The van der Waals surface area contributed by atoms with E-state index < -0.39 is 0 Å². The van der Waals surface area contributed by atoms with Crippen molar-refractivity contribution in [3.8, 4) is 11.4 Å². The van der Waals surface area contributed by atoms with E-state index >= 15 is 0 Å². The number of aryl methyl sites for hydroxylation is 1. The zero-order chi connectivity index (χ0) is 14.0. The normalized spacial score (nSPS) is 11.8. The Hall–Kier alpha value is -1.57. The molecule has 0 saturated heterocycles. The molecule has 1 heterocycles. The maximum absolute atomic E-state index is 4.59. The van der Waals surface area contributed by atoms with Crippen molar-refractivity contribution in [1.82, 2.24) is 9.55 Å². The van der Waals surface area contributed by atoms with E-state index in [1.54, 1.807) is 0 Å². The predicted octanol–water partition coefficient (Wildman–Crippen LogP) is 4.47. The fourth-order valence-electron chi connectivity index (χ4n) is 2.58. The summed E-state index contributed by atoms with van der Waals surface area (Å²) < 4.78 is 2.17. The van der Waals surface area contributed by atoms with Gasteiger partial charge in [-0.15, -0.1) is 0 Å². The van der Waals surface area contributed by atoms with Crippen LogP contribution < -0.4 is 0 Å². The second-order valence-electron chi connectivity index (χ2n) is 5.60. The van der Waals surface area contributed by atoms with Crippen molar-refractivity contribution in [2.75, 3.05) is 0 Å². The summed E-state index contributed by atoms with van der Waals surface area (Å²) in [5.74, 6) is 1.07. The van der Waals surface area contributed by atoms with Gasteiger partial charge in [0.05, 0.1) is 0 Å². The fraction of sp³-hybridized carbons (Fsp3) is 0.471. The molecule has 2 heteroatoms. The molecule has 0 N–H and O–H groups in total. The smallest absolute Gasteiger partial charge is 0.140 e. The van der Waals surface area contributed by atoms with Gasteiger partial charge in [-0.25, -0.2) is 4.98 Å². The molecule has 0 atom stereocenters. The molecule has 0 aliphatic carbocycles. The molecular weight excluding hydrogens is 232 g/mol. The Morgan fingerprint density at radius 3 is 2.32 bits per heavy atom. The molecule has 1 aromatic heterocycles. The quantitative estimate of drug-likeness (QED) is 0.789. The molecule has 0 spiro atoms. The highest BCUT2D eigenvalue weighted by Gasteiger charge is 2.26. The largest absolute Gasteiger partial charge is 0.331 e. The van der Waals surface area contributed by atoms with Crippen molar-refractivity contribution in [3.63, 3.8) is 0 Å². The highest BCUT2D eigenvalue weighted by Crippen LogP contribution is 2.37. The van der Waals surface area contributed by atoms with E-state index in [1.165, 1.54) is 16.8 Å². The highest BCUT2D eigenvalue weighted by molar-refractivity contribution is 5.63. The lowest BCUT2D eigenvalue weighted by atomic mass is 9.75. The van der Waals surface area contributed by atoms with E-state index in [9.17, 15) is 0 Å². The van der Waals surface area contributed by atoms with Gasteiger partial charge in [-0.05, 0) is 30.7 Å². The molecule has 0 aliphatic rings. The van der Waals surface area contributed by atoms with E-state index in [4.69, 9.17) is 0 Å². The molecule has 0 fully saturated rings. The predicted molar refractivity (Wildman–Crippen MR) is 81.3 cm³/mol. The van der Waals surface area contributed by atoms with Crippen molar-refractivity contribution in [1.29, 1.82) is 0 Å². The topological polar surface area (TPSA) is 17.8 Å². The first-order valence-corrected chi connectivity index (χ1v) is 7.11. The molecule has 19 heavy (non-hydrogen) atoms. The summed E-state index contributed by atoms with van der Waals surface area (Å²) in [4.78, 5) is 4.59. The van der Waals surface area contributed by atoms with E-state index in [0.29, 0.717) is 0 Å². The van der Waals surface area contributed by atoms with Crippen molar-refractivity contribution in [2.45, 2.75) is 46.0 Å². The number of nitrogens with zero attached hydrogens (tertiary/aromatic N) is 2. The monoisotopic (exact) mass is 256 g/mol. The number of hydrogen-bond acceptors (Lipinski definition) is 1. The van der Waals surface area contributed by atoms with Crippen molar-refractivity contribution in [3.05, 3.63) is 41.7 Å². The van der Waals surface area contributed by atoms with E-state index in [0.717, 1.165) is 18.7 Å². The Balaban J connectivity index is 2.63. The van der Waals surface area contributed by atoms with Gasteiger partial charge in [0, 0.05) is 24.5 Å². The minimum atomic E-state index is 0.219. The third kappa shape index (κ3) is 2.32. The first-order valence-electron chi connectivity index (χ1n) is 7.11. The molecule has 0 unspecified atom stereocenters. The van der Waals surface area contributed by atoms with Crippen LogP contribution in [0.4, 0.5) is 0 Å². The van der Waals surface area contributed by atoms with Crippen LogP contribution in [-0.2, 0) is 12.5 Å². The second kappa shape index (κ2) is 5.20. The summed E-state index contributed by atoms with van der Waals surface area (Å²) in [6, 6.07) is 8.69. The summed E-state index contributed by atoms with van der Waals surface area (Å²) in [5, 5.41) is 0. The van der Waals surface area contributed by atoms with Gasteiger partial charge in [-0.1, -0.05) is 45.0 Å². The van der Waals surface area contributed by atoms with Crippen LogP contribution in [0.15, 0.2) is 30.5 Å². The minimum absolute atomic E-state index is 0.219. The molecule has 2 rings (SSSR count). The Bertz CT molecular complexity index is 562. The summed E-state index contributed by atoms with van der Waals surface area (Å²) >= 11 is 0. The molecular formula is C17H24N2. The maximum atomic E-state index is 4.59. The third-order valence-electron chi connectivity index (χ3n) is 4.60. The third-order valence-corrected chi connectivity index (χ3v) is 4.60. The summed E-state index contributed by atoms with van der Waals surface area (Å²) in [7, 11) is 2.09. The number of hydrogen-bond donors (Lipinski definition) is 0. The van der Waals surface area contributed by atoms with Crippen molar-refractivity contribution >= 4 is 0 Å². The van der Waals surface area contributed by atoms with Gasteiger partial charge in [-0.3, -0.25) is 0 Å². The lowest BCUT2D eigenvalue weighted by molar-refractivity contribution is 0.440. The molecule has 0 radical (unpaired) electrons. The van der Waals surface area contributed by atoms with Gasteiger partial charge in [0.1, 0.15) is 5.82 Å². The Labute approximate surface area is 116 Å². The van der Waals surface area contributed by atoms with Crippen LogP contribution >= 0.6 is 0 Å². The van der Waals surface area contributed by atoms with Crippen molar-refractivity contribution < 1.29 is 0 Å². The van der Waals surface area contributed by atoms with Crippen LogP contribution in [0, 0.1) is 6.92 Å². The first-order chi connectivity index (χ1) is 9.03. The van der Waals surface area contributed by atoms with Gasteiger partial charge >= 0.3 is 0 Å². The van der Waals surface area contributed by atoms with Gasteiger partial charge in [-0.2, -0.15) is 0 Å². The molecule has 102 valence electrons. The zero-order valence-corrected chi connectivity index (χ0v) is 12.7. The van der Waals surface area contributed by atoms with Crippen molar-refractivity contribution in [2.24, 2.45) is 7.05 Å². The van der Waals surface area contributed by atoms with Gasteiger partial charge < -0.3 is 4.57 Å². The molecule has 2 aromatic rings. The van der Waals surface area contributed by atoms with Crippen LogP contribution in [0.5, 0.6) is 0 Å². The summed E-state index contributed by atoms with van der Waals surface area (Å²) in [6.07, 6.45) is 4.23. The van der Waals surface area contributed by atoms with Crippen LogP contribution in [-0.4, -0.2) is 9.55 Å². The number of rotatable bonds is 4. The summed E-state index contributed by atoms with van der Waals surface area (Å²) in [6.45, 7) is 8.98. The van der Waals surface area contributed by atoms with E-state index in [1.807, 2.05) is 6.20 Å². The standard InChI is InChI=1S/C17H24N2/c1-6-17(4,7-2)15-11-9-8-10-14(15)16-18-12-13(3)19(16)5/h8-12H,6-7H2,1-5H3. The Morgan fingerprint density at radius 2 is 1.79 bits per heavy atom. The minimum Gasteiger partial charge on any atom is -0.331 e. The Kier molecular flexibility index (Phi) is 3.79. The average molecular weight is 256 g/mol. The van der Waals surface area contributed by atoms with E-state index in [-0.39, 0.29) is 5.41 Å². The van der Waals surface area contributed by atoms with Gasteiger partial charge in [0.25, 0.3) is 0 Å². The van der Waals surface area contributed by atoms with Crippen LogP contribution in [0.3, 0.4) is 0 Å². The molecule has 0 amide bonds. The number of benzene rings is 1. The second-order valence-corrected chi connectivity index (χ2v) is 5.60. The van der Waals surface area contributed by atoms with Gasteiger partial charge in [0.15, 0.2) is 0 Å². The van der Waals surface area contributed by atoms with Crippen LogP contribution in [0.25, 0.3) is 11.4 Å². The highest BCUT2D eigenvalue weighted by atomic mass is 15.1. The number of imidazole rings is 1. The van der Waals surface area contributed by atoms with E-state index in [2.05, 4.69) is 68.6 Å². The molecule has 2 nitrogen and oxygen atoms in total. The van der Waals surface area contributed by atoms with Crippen LogP contribution in [0.1, 0.15) is 44.9 Å². The average Bonchev–Trinajstić information content (AvgIpc) is 2.78. The Morgan fingerprint density at radius 1 is 1.16 bits per heavy atom. The van der Waals surface area contributed by atoms with Crippen LogP contribution in [0.2, 0.25) is 0 Å². The molecule has 1 aromatic carbocycles.